The summed E-state index contributed by atoms with van der Waals surface area (Å²) >= 11 is 3.07. The second kappa shape index (κ2) is 8.13. The molecule has 3 rings (SSSR count). The first-order valence-corrected chi connectivity index (χ1v) is 11.1. The summed E-state index contributed by atoms with van der Waals surface area (Å²) in [7, 11) is -3.66. The number of benzene rings is 1. The third-order valence-corrected chi connectivity index (χ3v) is 7.17. The Morgan fingerprint density at radius 1 is 0.962 bits per heavy atom. The van der Waals surface area contributed by atoms with E-state index in [2.05, 4.69) is 5.32 Å². The SMILES string of the molecule is CC(=O)Nc1ccc(S(=O)(=O)N(Cc2cccs2)Cc2cccs2)cc1. The molecule has 1 N–H and O–H groups in total. The molecule has 0 saturated heterocycles. The Morgan fingerprint density at radius 3 is 1.92 bits per heavy atom. The second-order valence-electron chi connectivity index (χ2n) is 5.64. The lowest BCUT2D eigenvalue weighted by atomic mass is 10.3. The zero-order valence-corrected chi connectivity index (χ0v) is 16.5. The number of sulfonamides is 1. The fraction of sp³-hybridized carbons (Fsp3) is 0.167. The number of thiophene rings is 2. The van der Waals surface area contributed by atoms with Gasteiger partial charge >= 0.3 is 0 Å². The molecule has 0 fully saturated rings. The number of nitrogens with zero attached hydrogens (tertiary/aromatic N) is 1. The van der Waals surface area contributed by atoms with Crippen molar-refractivity contribution in [1.82, 2.24) is 4.31 Å². The van der Waals surface area contributed by atoms with Crippen LogP contribution in [0.15, 0.2) is 64.2 Å². The van der Waals surface area contributed by atoms with Gasteiger partial charge in [-0.1, -0.05) is 12.1 Å². The molecule has 0 spiro atoms. The Bertz CT molecular complexity index is 912. The number of amides is 1. The zero-order valence-electron chi connectivity index (χ0n) is 14.1. The van der Waals surface area contributed by atoms with Crippen LogP contribution < -0.4 is 5.32 Å². The van der Waals surface area contributed by atoms with Crippen LogP contribution in [0.1, 0.15) is 16.7 Å². The van der Waals surface area contributed by atoms with Gasteiger partial charge in [0.15, 0.2) is 0 Å². The lowest BCUT2D eigenvalue weighted by Gasteiger charge is -2.21. The largest absolute Gasteiger partial charge is 0.326 e. The predicted octanol–water partition coefficient (Wildman–Crippen LogP) is 4.16. The van der Waals surface area contributed by atoms with Gasteiger partial charge in [0.1, 0.15) is 0 Å². The van der Waals surface area contributed by atoms with Crippen LogP contribution in [0.25, 0.3) is 0 Å². The normalized spacial score (nSPS) is 11.6. The van der Waals surface area contributed by atoms with E-state index < -0.39 is 10.0 Å². The van der Waals surface area contributed by atoms with Crippen molar-refractivity contribution in [2.24, 2.45) is 0 Å². The number of nitrogens with one attached hydrogen (secondary N) is 1. The zero-order chi connectivity index (χ0) is 18.6. The van der Waals surface area contributed by atoms with Crippen molar-refractivity contribution in [2.75, 3.05) is 5.32 Å². The molecule has 0 aliphatic carbocycles. The topological polar surface area (TPSA) is 66.5 Å². The summed E-state index contributed by atoms with van der Waals surface area (Å²) in [5.41, 5.74) is 0.569. The average molecular weight is 407 g/mol. The Kier molecular flexibility index (Phi) is 5.87. The van der Waals surface area contributed by atoms with Crippen LogP contribution in [0.5, 0.6) is 0 Å². The van der Waals surface area contributed by atoms with Gasteiger partial charge in [-0.25, -0.2) is 8.42 Å². The number of carbonyl (C=O) groups excluding carboxylic acids is 1. The van der Waals surface area contributed by atoms with Gasteiger partial charge < -0.3 is 5.32 Å². The summed E-state index contributed by atoms with van der Waals surface area (Å²) in [6.45, 7) is 2.06. The van der Waals surface area contributed by atoms with Gasteiger partial charge in [-0.2, -0.15) is 4.31 Å². The Labute approximate surface area is 161 Å². The molecule has 0 atom stereocenters. The summed E-state index contributed by atoms with van der Waals surface area (Å²) in [5.74, 6) is -0.197. The first-order valence-electron chi connectivity index (χ1n) is 7.88. The predicted molar refractivity (Wildman–Crippen MR) is 106 cm³/mol. The van der Waals surface area contributed by atoms with Gasteiger partial charge in [-0.3, -0.25) is 4.79 Å². The molecule has 1 aromatic carbocycles. The monoisotopic (exact) mass is 406 g/mol. The molecular weight excluding hydrogens is 388 g/mol. The Hall–Kier alpha value is -2.00. The maximum atomic E-state index is 13.2. The number of hydrogen-bond acceptors (Lipinski definition) is 5. The highest BCUT2D eigenvalue weighted by atomic mass is 32.2. The average Bonchev–Trinajstić information content (AvgIpc) is 3.28. The standard InChI is InChI=1S/C18H18N2O3S3/c1-14(21)19-15-6-8-18(9-7-15)26(22,23)20(12-16-4-2-10-24-16)13-17-5-3-11-25-17/h2-11H,12-13H2,1H3,(H,19,21). The molecule has 0 radical (unpaired) electrons. The number of rotatable bonds is 7. The van der Waals surface area contributed by atoms with E-state index in [0.29, 0.717) is 18.8 Å². The highest BCUT2D eigenvalue weighted by Gasteiger charge is 2.25. The third kappa shape index (κ3) is 4.59. The fourth-order valence-corrected chi connectivity index (χ4v) is 5.44. The number of anilines is 1. The van der Waals surface area contributed by atoms with Crippen LogP contribution in [-0.2, 0) is 27.9 Å². The molecule has 2 aromatic heterocycles. The van der Waals surface area contributed by atoms with Crippen molar-refractivity contribution in [3.8, 4) is 0 Å². The Morgan fingerprint density at radius 2 is 1.50 bits per heavy atom. The minimum Gasteiger partial charge on any atom is -0.326 e. The van der Waals surface area contributed by atoms with E-state index in [4.69, 9.17) is 0 Å². The van der Waals surface area contributed by atoms with Crippen LogP contribution >= 0.6 is 22.7 Å². The maximum Gasteiger partial charge on any atom is 0.243 e. The van der Waals surface area contributed by atoms with Crippen molar-refractivity contribution >= 4 is 44.3 Å². The summed E-state index contributed by atoms with van der Waals surface area (Å²) in [6.07, 6.45) is 0. The lowest BCUT2D eigenvalue weighted by molar-refractivity contribution is -0.114. The molecular formula is C18H18N2O3S3. The van der Waals surface area contributed by atoms with Gasteiger partial charge in [0.05, 0.1) is 4.90 Å². The van der Waals surface area contributed by atoms with E-state index in [1.807, 2.05) is 35.0 Å². The van der Waals surface area contributed by atoms with Gasteiger partial charge in [0.25, 0.3) is 0 Å². The molecule has 136 valence electrons. The van der Waals surface area contributed by atoms with Crippen LogP contribution in [-0.4, -0.2) is 18.6 Å². The van der Waals surface area contributed by atoms with E-state index in [-0.39, 0.29) is 10.8 Å². The van der Waals surface area contributed by atoms with E-state index in [1.54, 1.807) is 12.1 Å². The molecule has 2 heterocycles. The van der Waals surface area contributed by atoms with E-state index >= 15 is 0 Å². The first kappa shape index (κ1) is 18.8. The van der Waals surface area contributed by atoms with Crippen molar-refractivity contribution in [1.29, 1.82) is 0 Å². The minimum atomic E-state index is -3.66. The van der Waals surface area contributed by atoms with Gasteiger partial charge in [0, 0.05) is 35.5 Å². The van der Waals surface area contributed by atoms with E-state index in [0.717, 1.165) is 9.75 Å². The Balaban J connectivity index is 1.88. The molecule has 0 saturated carbocycles. The van der Waals surface area contributed by atoms with E-state index in [1.165, 1.54) is 46.0 Å². The van der Waals surface area contributed by atoms with Crippen molar-refractivity contribution in [3.63, 3.8) is 0 Å². The van der Waals surface area contributed by atoms with Crippen molar-refractivity contribution in [2.45, 2.75) is 24.9 Å². The minimum absolute atomic E-state index is 0.197. The highest BCUT2D eigenvalue weighted by Crippen LogP contribution is 2.25. The van der Waals surface area contributed by atoms with Gasteiger partial charge in [-0.15, -0.1) is 22.7 Å². The molecule has 8 heteroatoms. The molecule has 26 heavy (non-hydrogen) atoms. The summed E-state index contributed by atoms with van der Waals surface area (Å²) < 4.78 is 27.8. The summed E-state index contributed by atoms with van der Waals surface area (Å²) in [5, 5.41) is 6.52. The van der Waals surface area contributed by atoms with E-state index in [9.17, 15) is 13.2 Å². The number of carbonyl (C=O) groups is 1. The van der Waals surface area contributed by atoms with Crippen molar-refractivity contribution in [3.05, 3.63) is 69.0 Å². The van der Waals surface area contributed by atoms with Gasteiger partial charge in [0.2, 0.25) is 15.9 Å². The second-order valence-corrected chi connectivity index (χ2v) is 9.64. The number of hydrogen-bond donors (Lipinski definition) is 1. The van der Waals surface area contributed by atoms with Crippen molar-refractivity contribution < 1.29 is 13.2 Å². The molecule has 0 aliphatic rings. The molecule has 0 aliphatic heterocycles. The summed E-state index contributed by atoms with van der Waals surface area (Å²) in [4.78, 5) is 13.3. The first-order chi connectivity index (χ1) is 12.4. The van der Waals surface area contributed by atoms with Crippen LogP contribution in [0.2, 0.25) is 0 Å². The third-order valence-electron chi connectivity index (χ3n) is 3.64. The summed E-state index contributed by atoms with van der Waals surface area (Å²) in [6, 6.07) is 13.9. The fourth-order valence-electron chi connectivity index (χ4n) is 2.44. The van der Waals surface area contributed by atoms with Gasteiger partial charge in [-0.05, 0) is 47.2 Å². The molecule has 1 amide bonds. The molecule has 5 nitrogen and oxygen atoms in total. The molecule has 0 bridgehead atoms. The van der Waals surface area contributed by atoms with Crippen LogP contribution in [0.4, 0.5) is 5.69 Å². The highest BCUT2D eigenvalue weighted by molar-refractivity contribution is 7.89. The molecule has 3 aromatic rings. The molecule has 0 unspecified atom stereocenters. The smallest absolute Gasteiger partial charge is 0.243 e. The maximum absolute atomic E-state index is 13.2. The van der Waals surface area contributed by atoms with Crippen LogP contribution in [0, 0.1) is 0 Å². The van der Waals surface area contributed by atoms with Crippen LogP contribution in [0.3, 0.4) is 0 Å². The quantitative estimate of drug-likeness (QED) is 0.641. The lowest BCUT2D eigenvalue weighted by Crippen LogP contribution is -2.29.